The Balaban J connectivity index is 3.77. The molecule has 0 amide bonds. The molecule has 0 bridgehead atoms. The van der Waals surface area contributed by atoms with E-state index in [2.05, 4.69) is 32.6 Å². The van der Waals surface area contributed by atoms with Gasteiger partial charge in [-0.1, -0.05) is 20.8 Å². The van der Waals surface area contributed by atoms with Crippen LogP contribution in [0.4, 0.5) is 0 Å². The second-order valence-electron chi connectivity index (χ2n) is 4.10. The fourth-order valence-electron chi connectivity index (χ4n) is 1.73. The van der Waals surface area contributed by atoms with Gasteiger partial charge >= 0.3 is 0 Å². The maximum absolute atomic E-state index is 5.09. The monoisotopic (exact) mass is 187 g/mol. The molecule has 2 heteroatoms. The maximum atomic E-state index is 5.09. The number of likely N-dealkylation sites (N-methyl/N-ethyl adjacent to an activating group) is 1. The van der Waals surface area contributed by atoms with Crippen LogP contribution in [0.2, 0.25) is 0 Å². The molecular formula is C11H25NO. The lowest BCUT2D eigenvalue weighted by Crippen LogP contribution is -2.36. The van der Waals surface area contributed by atoms with Gasteiger partial charge in [-0.25, -0.2) is 0 Å². The number of rotatable bonds is 7. The summed E-state index contributed by atoms with van der Waals surface area (Å²) >= 11 is 0. The zero-order valence-corrected chi connectivity index (χ0v) is 9.84. The first-order chi connectivity index (χ1) is 6.11. The highest BCUT2D eigenvalue weighted by molar-refractivity contribution is 4.67. The SMILES string of the molecule is CCN(CCOC)C(C)CC(C)C. The van der Waals surface area contributed by atoms with E-state index in [1.165, 1.54) is 6.42 Å². The Morgan fingerprint density at radius 3 is 2.23 bits per heavy atom. The van der Waals surface area contributed by atoms with Crippen molar-refractivity contribution in [3.8, 4) is 0 Å². The van der Waals surface area contributed by atoms with Crippen LogP contribution in [0.1, 0.15) is 34.1 Å². The first-order valence-corrected chi connectivity index (χ1v) is 5.34. The summed E-state index contributed by atoms with van der Waals surface area (Å²) in [6.07, 6.45) is 1.28. The van der Waals surface area contributed by atoms with Crippen molar-refractivity contribution in [1.82, 2.24) is 4.90 Å². The third kappa shape index (κ3) is 6.05. The molecule has 1 unspecified atom stereocenters. The third-order valence-corrected chi connectivity index (χ3v) is 2.42. The van der Waals surface area contributed by atoms with E-state index in [0.717, 1.165) is 25.6 Å². The van der Waals surface area contributed by atoms with Gasteiger partial charge in [-0.15, -0.1) is 0 Å². The van der Waals surface area contributed by atoms with Crippen LogP contribution < -0.4 is 0 Å². The second-order valence-corrected chi connectivity index (χ2v) is 4.10. The van der Waals surface area contributed by atoms with Gasteiger partial charge in [-0.3, -0.25) is 4.90 Å². The lowest BCUT2D eigenvalue weighted by molar-refractivity contribution is 0.121. The summed E-state index contributed by atoms with van der Waals surface area (Å²) in [4.78, 5) is 2.48. The van der Waals surface area contributed by atoms with Gasteiger partial charge in [0.1, 0.15) is 0 Å². The molecule has 0 N–H and O–H groups in total. The van der Waals surface area contributed by atoms with Crippen molar-refractivity contribution in [2.45, 2.75) is 40.2 Å². The number of ether oxygens (including phenoxy) is 1. The van der Waals surface area contributed by atoms with Crippen LogP contribution in [-0.4, -0.2) is 37.7 Å². The predicted molar refractivity (Wildman–Crippen MR) is 58.0 cm³/mol. The highest BCUT2D eigenvalue weighted by Crippen LogP contribution is 2.10. The minimum Gasteiger partial charge on any atom is -0.383 e. The molecular weight excluding hydrogens is 162 g/mol. The van der Waals surface area contributed by atoms with Gasteiger partial charge in [-0.05, 0) is 25.8 Å². The normalized spacial score (nSPS) is 14.1. The molecule has 13 heavy (non-hydrogen) atoms. The van der Waals surface area contributed by atoms with E-state index in [4.69, 9.17) is 4.74 Å². The van der Waals surface area contributed by atoms with Crippen LogP contribution in [-0.2, 0) is 4.74 Å². The average Bonchev–Trinajstić information content (AvgIpc) is 2.04. The van der Waals surface area contributed by atoms with E-state index < -0.39 is 0 Å². The van der Waals surface area contributed by atoms with Gasteiger partial charge in [0.05, 0.1) is 6.61 Å². The molecule has 2 nitrogen and oxygen atoms in total. The summed E-state index contributed by atoms with van der Waals surface area (Å²) in [6, 6.07) is 0.681. The van der Waals surface area contributed by atoms with E-state index in [9.17, 15) is 0 Å². The number of hydrogen-bond acceptors (Lipinski definition) is 2. The Kier molecular flexibility index (Phi) is 7.29. The molecule has 80 valence electrons. The van der Waals surface area contributed by atoms with Crippen molar-refractivity contribution in [3.05, 3.63) is 0 Å². The van der Waals surface area contributed by atoms with E-state index in [1.807, 2.05) is 0 Å². The van der Waals surface area contributed by atoms with Crippen molar-refractivity contribution in [1.29, 1.82) is 0 Å². The lowest BCUT2D eigenvalue weighted by Gasteiger charge is -2.28. The number of methoxy groups -OCH3 is 1. The minimum absolute atomic E-state index is 0.681. The fourth-order valence-corrected chi connectivity index (χ4v) is 1.73. The third-order valence-electron chi connectivity index (χ3n) is 2.42. The largest absolute Gasteiger partial charge is 0.383 e. The van der Waals surface area contributed by atoms with Gasteiger partial charge in [0.25, 0.3) is 0 Å². The van der Waals surface area contributed by atoms with Crippen LogP contribution in [0.25, 0.3) is 0 Å². The van der Waals surface area contributed by atoms with Gasteiger partial charge in [0.2, 0.25) is 0 Å². The average molecular weight is 187 g/mol. The van der Waals surface area contributed by atoms with Crippen LogP contribution >= 0.6 is 0 Å². The predicted octanol–water partition coefficient (Wildman–Crippen LogP) is 2.39. The molecule has 0 rings (SSSR count). The topological polar surface area (TPSA) is 12.5 Å². The summed E-state index contributed by atoms with van der Waals surface area (Å²) < 4.78 is 5.09. The van der Waals surface area contributed by atoms with Gasteiger partial charge in [0.15, 0.2) is 0 Å². The van der Waals surface area contributed by atoms with Crippen molar-refractivity contribution in [2.75, 3.05) is 26.8 Å². The highest BCUT2D eigenvalue weighted by Gasteiger charge is 2.12. The van der Waals surface area contributed by atoms with E-state index in [0.29, 0.717) is 6.04 Å². The zero-order valence-electron chi connectivity index (χ0n) is 9.84. The number of nitrogens with zero attached hydrogens (tertiary/aromatic N) is 1. The van der Waals surface area contributed by atoms with Crippen LogP contribution in [0.15, 0.2) is 0 Å². The molecule has 0 saturated heterocycles. The molecule has 0 aliphatic rings. The molecule has 0 aromatic carbocycles. The van der Waals surface area contributed by atoms with Gasteiger partial charge in [0, 0.05) is 19.7 Å². The molecule has 0 aromatic heterocycles. The zero-order chi connectivity index (χ0) is 10.3. The molecule has 0 aromatic rings. The molecule has 0 spiro atoms. The van der Waals surface area contributed by atoms with Gasteiger partial charge in [-0.2, -0.15) is 0 Å². The van der Waals surface area contributed by atoms with E-state index >= 15 is 0 Å². The molecule has 0 aliphatic heterocycles. The quantitative estimate of drug-likeness (QED) is 0.607. The van der Waals surface area contributed by atoms with E-state index in [1.54, 1.807) is 7.11 Å². The number of hydrogen-bond donors (Lipinski definition) is 0. The van der Waals surface area contributed by atoms with Crippen LogP contribution in [0.3, 0.4) is 0 Å². The van der Waals surface area contributed by atoms with Crippen molar-refractivity contribution in [2.24, 2.45) is 5.92 Å². The second kappa shape index (κ2) is 7.34. The summed E-state index contributed by atoms with van der Waals surface area (Å²) in [5, 5.41) is 0. The van der Waals surface area contributed by atoms with E-state index in [-0.39, 0.29) is 0 Å². The van der Waals surface area contributed by atoms with Crippen LogP contribution in [0.5, 0.6) is 0 Å². The summed E-state index contributed by atoms with van der Waals surface area (Å²) in [7, 11) is 1.76. The van der Waals surface area contributed by atoms with Crippen molar-refractivity contribution in [3.63, 3.8) is 0 Å². The van der Waals surface area contributed by atoms with Crippen LogP contribution in [0, 0.1) is 5.92 Å². The Hall–Kier alpha value is -0.0800. The van der Waals surface area contributed by atoms with Crippen molar-refractivity contribution >= 4 is 0 Å². The summed E-state index contributed by atoms with van der Waals surface area (Å²) in [6.45, 7) is 12.1. The summed E-state index contributed by atoms with van der Waals surface area (Å²) in [5.41, 5.74) is 0. The smallest absolute Gasteiger partial charge is 0.0589 e. The molecule has 0 fully saturated rings. The maximum Gasteiger partial charge on any atom is 0.0589 e. The Labute approximate surface area is 83.3 Å². The lowest BCUT2D eigenvalue weighted by atomic mass is 10.0. The minimum atomic E-state index is 0.681. The molecule has 0 radical (unpaired) electrons. The van der Waals surface area contributed by atoms with Crippen molar-refractivity contribution < 1.29 is 4.74 Å². The molecule has 0 saturated carbocycles. The molecule has 0 heterocycles. The van der Waals surface area contributed by atoms with Gasteiger partial charge < -0.3 is 4.74 Å². The first-order valence-electron chi connectivity index (χ1n) is 5.34. The fraction of sp³-hybridized carbons (Fsp3) is 1.00. The summed E-state index contributed by atoms with van der Waals surface area (Å²) in [5.74, 6) is 0.784. The highest BCUT2D eigenvalue weighted by atomic mass is 16.5. The Morgan fingerprint density at radius 2 is 1.85 bits per heavy atom. The first kappa shape index (κ1) is 12.9. The Bertz CT molecular complexity index is 115. The standard InChI is InChI=1S/C11H25NO/c1-6-12(7-8-13-5)11(4)9-10(2)3/h10-11H,6-9H2,1-5H3. The Morgan fingerprint density at radius 1 is 1.23 bits per heavy atom. The molecule has 0 aliphatic carbocycles. The molecule has 1 atom stereocenters.